The minimum absolute atomic E-state index is 0.0125. The number of ether oxygens (including phenoxy) is 1. The largest absolute Gasteiger partial charge is 0.573 e. The number of nitrogens with zero attached hydrogens (tertiary/aromatic N) is 4. The van der Waals surface area contributed by atoms with Crippen LogP contribution in [-0.4, -0.2) is 22.4 Å². The van der Waals surface area contributed by atoms with E-state index >= 15 is 0 Å². The number of benzene rings is 1. The maximum absolute atomic E-state index is 12.7. The van der Waals surface area contributed by atoms with Crippen molar-refractivity contribution in [1.82, 2.24) is 9.97 Å². The number of hydrogen-bond acceptors (Lipinski definition) is 7. The molecule has 4 aliphatic carbocycles. The third-order valence-corrected chi connectivity index (χ3v) is 7.36. The Morgan fingerprint density at radius 1 is 1.12 bits per heavy atom. The molecule has 1 heterocycles. The van der Waals surface area contributed by atoms with E-state index in [2.05, 4.69) is 37.5 Å². The van der Waals surface area contributed by atoms with Crippen molar-refractivity contribution in [3.63, 3.8) is 0 Å². The summed E-state index contributed by atoms with van der Waals surface area (Å²) in [5.74, 6) is 1.61. The first-order chi connectivity index (χ1) is 16.3. The lowest BCUT2D eigenvalue weighted by Crippen LogP contribution is -2.55. The standard InChI is InChI=1S/C24H23F3N6O/c25-24(26,27)34-19-4-2-1-3-15(19)11-30-22-31-12-18(10-28)21(33-22)32-20-16-5-14-6-17(20)9-23(7-14,8-16)13-29/h1-4,12,14,16-17,20H,5-9,11H2,(H2,30,31,32,33)/t14?,16-,17+,20-,23-. The molecule has 2 N–H and O–H groups in total. The molecule has 10 heteroatoms. The van der Waals surface area contributed by atoms with Crippen LogP contribution < -0.4 is 15.4 Å². The molecule has 1 aromatic carbocycles. The Balaban J connectivity index is 1.32. The monoisotopic (exact) mass is 468 g/mol. The van der Waals surface area contributed by atoms with E-state index in [0.717, 1.165) is 32.1 Å². The SMILES string of the molecule is N#Cc1cnc(NCc2ccccc2OC(F)(F)F)nc1N[C@@H]1[C@@H]2CC3C[C@H]1C[C@@](C#N)(C3)C2. The first kappa shape index (κ1) is 22.3. The van der Waals surface area contributed by atoms with Crippen LogP contribution in [0.25, 0.3) is 0 Å². The molecule has 0 amide bonds. The normalized spacial score (nSPS) is 29.2. The van der Waals surface area contributed by atoms with Crippen molar-refractivity contribution in [2.75, 3.05) is 10.6 Å². The van der Waals surface area contributed by atoms with Gasteiger partial charge in [0.1, 0.15) is 23.2 Å². The second-order valence-corrected chi connectivity index (χ2v) is 9.61. The number of para-hydroxylation sites is 1. The highest BCUT2D eigenvalue weighted by Gasteiger charge is 2.55. The highest BCUT2D eigenvalue weighted by atomic mass is 19.4. The summed E-state index contributed by atoms with van der Waals surface area (Å²) in [5.41, 5.74) is 0.386. The van der Waals surface area contributed by atoms with Crippen LogP contribution in [0.1, 0.15) is 43.2 Å². The van der Waals surface area contributed by atoms with Gasteiger partial charge < -0.3 is 15.4 Å². The Hall–Kier alpha value is -3.53. The summed E-state index contributed by atoms with van der Waals surface area (Å²) >= 11 is 0. The molecule has 4 aliphatic rings. The minimum Gasteiger partial charge on any atom is -0.405 e. The van der Waals surface area contributed by atoms with Gasteiger partial charge in [0.15, 0.2) is 0 Å². The number of nitriles is 2. The summed E-state index contributed by atoms with van der Waals surface area (Å²) in [6.45, 7) is 0.0125. The maximum atomic E-state index is 12.7. The van der Waals surface area contributed by atoms with E-state index in [9.17, 15) is 23.7 Å². The summed E-state index contributed by atoms with van der Waals surface area (Å²) in [5, 5.41) is 25.7. The van der Waals surface area contributed by atoms with E-state index in [1.54, 1.807) is 6.07 Å². The lowest BCUT2D eigenvalue weighted by Gasteiger charge is -2.57. The Bertz CT molecular complexity index is 1150. The van der Waals surface area contributed by atoms with Crippen molar-refractivity contribution >= 4 is 11.8 Å². The summed E-state index contributed by atoms with van der Waals surface area (Å²) in [4.78, 5) is 8.62. The second-order valence-electron chi connectivity index (χ2n) is 9.61. The van der Waals surface area contributed by atoms with Crippen molar-refractivity contribution in [3.05, 3.63) is 41.6 Å². The van der Waals surface area contributed by atoms with Crippen LogP contribution in [-0.2, 0) is 6.54 Å². The van der Waals surface area contributed by atoms with Crippen LogP contribution in [0.2, 0.25) is 0 Å². The van der Waals surface area contributed by atoms with Crippen LogP contribution in [0.3, 0.4) is 0 Å². The molecule has 4 fully saturated rings. The molecule has 34 heavy (non-hydrogen) atoms. The van der Waals surface area contributed by atoms with Crippen LogP contribution in [0.4, 0.5) is 24.9 Å². The van der Waals surface area contributed by atoms with Gasteiger partial charge in [0.2, 0.25) is 5.95 Å². The average Bonchev–Trinajstić information content (AvgIpc) is 2.79. The molecular weight excluding hydrogens is 445 g/mol. The Morgan fingerprint density at radius 2 is 1.85 bits per heavy atom. The number of nitrogens with one attached hydrogen (secondary N) is 2. The second kappa shape index (κ2) is 8.35. The van der Waals surface area contributed by atoms with Crippen molar-refractivity contribution in [1.29, 1.82) is 10.5 Å². The molecule has 0 radical (unpaired) electrons. The number of halogens is 3. The number of anilines is 2. The van der Waals surface area contributed by atoms with Crippen molar-refractivity contribution in [2.24, 2.45) is 23.2 Å². The van der Waals surface area contributed by atoms with Crippen LogP contribution in [0, 0.1) is 45.8 Å². The van der Waals surface area contributed by atoms with Gasteiger partial charge in [0.25, 0.3) is 0 Å². The van der Waals surface area contributed by atoms with Gasteiger partial charge in [-0.15, -0.1) is 13.2 Å². The van der Waals surface area contributed by atoms with E-state index in [4.69, 9.17) is 0 Å². The lowest BCUT2D eigenvalue weighted by atomic mass is 9.48. The van der Waals surface area contributed by atoms with Gasteiger partial charge in [0.05, 0.1) is 17.7 Å². The fourth-order valence-corrected chi connectivity index (χ4v) is 6.26. The van der Waals surface area contributed by atoms with E-state index in [1.165, 1.54) is 24.4 Å². The molecule has 6 rings (SSSR count). The first-order valence-electron chi connectivity index (χ1n) is 11.3. The van der Waals surface area contributed by atoms with Gasteiger partial charge in [-0.3, -0.25) is 0 Å². The van der Waals surface area contributed by atoms with Gasteiger partial charge in [-0.1, -0.05) is 18.2 Å². The number of rotatable bonds is 6. The molecule has 1 unspecified atom stereocenters. The van der Waals surface area contributed by atoms with E-state index in [-0.39, 0.29) is 29.7 Å². The van der Waals surface area contributed by atoms with Crippen LogP contribution >= 0.6 is 0 Å². The van der Waals surface area contributed by atoms with Gasteiger partial charge in [0, 0.05) is 18.2 Å². The molecule has 0 aliphatic heterocycles. The molecule has 4 bridgehead atoms. The predicted molar refractivity (Wildman–Crippen MR) is 116 cm³/mol. The Kier molecular flexibility index (Phi) is 5.47. The summed E-state index contributed by atoms with van der Waals surface area (Å²) in [7, 11) is 0. The molecule has 176 valence electrons. The molecule has 7 nitrogen and oxygen atoms in total. The van der Waals surface area contributed by atoms with E-state index in [1.807, 2.05) is 0 Å². The fraction of sp³-hybridized carbons (Fsp3) is 0.500. The number of hydrogen-bond donors (Lipinski definition) is 2. The highest BCUT2D eigenvalue weighted by Crippen LogP contribution is 2.60. The third kappa shape index (κ3) is 4.33. The summed E-state index contributed by atoms with van der Waals surface area (Å²) in [6.07, 6.45) is 1.49. The minimum atomic E-state index is -4.79. The maximum Gasteiger partial charge on any atom is 0.573 e. The molecule has 0 spiro atoms. The van der Waals surface area contributed by atoms with Gasteiger partial charge in [-0.05, 0) is 55.9 Å². The molecule has 1 aromatic heterocycles. The van der Waals surface area contributed by atoms with Gasteiger partial charge in [-0.2, -0.15) is 15.5 Å². The Labute approximate surface area is 195 Å². The molecular formula is C24H23F3N6O. The van der Waals surface area contributed by atoms with Crippen molar-refractivity contribution in [3.8, 4) is 17.9 Å². The number of aromatic nitrogens is 2. The topological polar surface area (TPSA) is 107 Å². The Morgan fingerprint density at radius 3 is 2.53 bits per heavy atom. The zero-order valence-corrected chi connectivity index (χ0v) is 18.3. The molecule has 2 aromatic rings. The summed E-state index contributed by atoms with van der Waals surface area (Å²) in [6, 6.07) is 10.7. The molecule has 0 saturated heterocycles. The third-order valence-electron chi connectivity index (χ3n) is 7.36. The van der Waals surface area contributed by atoms with Crippen molar-refractivity contribution in [2.45, 2.75) is 51.1 Å². The fourth-order valence-electron chi connectivity index (χ4n) is 6.26. The van der Waals surface area contributed by atoms with Crippen molar-refractivity contribution < 1.29 is 17.9 Å². The highest BCUT2D eigenvalue weighted by molar-refractivity contribution is 5.54. The molecule has 5 atom stereocenters. The average molecular weight is 468 g/mol. The quantitative estimate of drug-likeness (QED) is 0.615. The zero-order chi connectivity index (χ0) is 23.9. The number of alkyl halides is 3. The van der Waals surface area contributed by atoms with Gasteiger partial charge in [-0.25, -0.2) is 4.98 Å². The van der Waals surface area contributed by atoms with E-state index < -0.39 is 6.36 Å². The van der Waals surface area contributed by atoms with Crippen LogP contribution in [0.5, 0.6) is 5.75 Å². The predicted octanol–water partition coefficient (Wildman–Crippen LogP) is 4.99. The van der Waals surface area contributed by atoms with Gasteiger partial charge >= 0.3 is 6.36 Å². The van der Waals surface area contributed by atoms with E-state index in [0.29, 0.717) is 34.7 Å². The summed E-state index contributed by atoms with van der Waals surface area (Å²) < 4.78 is 42.2. The smallest absolute Gasteiger partial charge is 0.405 e. The zero-order valence-electron chi connectivity index (χ0n) is 18.3. The lowest BCUT2D eigenvalue weighted by molar-refractivity contribution is -0.274. The van der Waals surface area contributed by atoms with Crippen LogP contribution in [0.15, 0.2) is 30.5 Å². The molecule has 4 saturated carbocycles. The first-order valence-corrected chi connectivity index (χ1v) is 11.3.